The Labute approximate surface area is 124 Å². The van der Waals surface area contributed by atoms with Crippen LogP contribution in [0.1, 0.15) is 5.56 Å². The van der Waals surface area contributed by atoms with Gasteiger partial charge in [-0.05, 0) is 17.7 Å². The van der Waals surface area contributed by atoms with Gasteiger partial charge in [0.2, 0.25) is 0 Å². The van der Waals surface area contributed by atoms with E-state index in [4.69, 9.17) is 16.3 Å². The Morgan fingerprint density at radius 3 is 2.62 bits per heavy atom. The van der Waals surface area contributed by atoms with Crippen LogP contribution in [-0.2, 0) is 11.2 Å². The zero-order valence-electron chi connectivity index (χ0n) is 10.6. The topological polar surface area (TPSA) is 69.4 Å². The van der Waals surface area contributed by atoms with Gasteiger partial charge in [-0.3, -0.25) is 14.9 Å². The first-order chi connectivity index (χ1) is 9.97. The summed E-state index contributed by atoms with van der Waals surface area (Å²) in [6, 6.07) is 9.28. The minimum atomic E-state index is -0.712. The first kappa shape index (κ1) is 14.9. The Balaban J connectivity index is 2.10. The number of nitrogens with zero attached hydrogens (tertiary/aromatic N) is 1. The van der Waals surface area contributed by atoms with Crippen LogP contribution in [0.15, 0.2) is 42.5 Å². The summed E-state index contributed by atoms with van der Waals surface area (Å²) in [7, 11) is 0. The molecule has 108 valence electrons. The maximum atomic E-state index is 13.4. The number of esters is 1. The second kappa shape index (κ2) is 6.32. The molecule has 0 saturated heterocycles. The van der Waals surface area contributed by atoms with Gasteiger partial charge < -0.3 is 4.74 Å². The molecule has 0 aromatic heterocycles. The van der Waals surface area contributed by atoms with Crippen LogP contribution in [0.5, 0.6) is 5.75 Å². The van der Waals surface area contributed by atoms with E-state index in [2.05, 4.69) is 0 Å². The smallest absolute Gasteiger partial charge is 0.315 e. The summed E-state index contributed by atoms with van der Waals surface area (Å²) < 4.78 is 18.4. The molecule has 0 bridgehead atoms. The van der Waals surface area contributed by atoms with Crippen LogP contribution in [0, 0.1) is 15.9 Å². The molecule has 0 radical (unpaired) electrons. The zero-order chi connectivity index (χ0) is 15.4. The van der Waals surface area contributed by atoms with E-state index in [1.54, 1.807) is 6.07 Å². The second-order valence-corrected chi connectivity index (χ2v) is 4.52. The Kier molecular flexibility index (Phi) is 4.49. The third-order valence-electron chi connectivity index (χ3n) is 2.64. The SMILES string of the molecule is O=C(Cc1ccccc1F)Oc1ccc([N+](=O)[O-])cc1Cl. The number of nitro benzene ring substituents is 1. The van der Waals surface area contributed by atoms with Gasteiger partial charge in [-0.1, -0.05) is 29.8 Å². The molecule has 0 aliphatic heterocycles. The average Bonchev–Trinajstić information content (AvgIpc) is 2.43. The molecule has 7 heteroatoms. The van der Waals surface area contributed by atoms with Gasteiger partial charge in [0.1, 0.15) is 11.6 Å². The summed E-state index contributed by atoms with van der Waals surface area (Å²) >= 11 is 5.80. The van der Waals surface area contributed by atoms with Crippen molar-refractivity contribution in [2.75, 3.05) is 0 Å². The zero-order valence-corrected chi connectivity index (χ0v) is 11.3. The van der Waals surface area contributed by atoms with Crippen LogP contribution < -0.4 is 4.74 Å². The molecule has 21 heavy (non-hydrogen) atoms. The molecule has 0 atom stereocenters. The molecule has 5 nitrogen and oxygen atoms in total. The molecule has 0 heterocycles. The first-order valence-electron chi connectivity index (χ1n) is 5.85. The summed E-state index contributed by atoms with van der Waals surface area (Å²) in [5.74, 6) is -1.23. The van der Waals surface area contributed by atoms with Crippen molar-refractivity contribution >= 4 is 23.3 Å². The fraction of sp³-hybridized carbons (Fsp3) is 0.0714. The number of halogens is 2. The highest BCUT2D eigenvalue weighted by atomic mass is 35.5. The summed E-state index contributed by atoms with van der Waals surface area (Å²) in [5.41, 5.74) is -0.0190. The summed E-state index contributed by atoms with van der Waals surface area (Å²) in [5, 5.41) is 10.5. The van der Waals surface area contributed by atoms with Crippen LogP contribution in [0.25, 0.3) is 0 Å². The van der Waals surface area contributed by atoms with Crippen molar-refractivity contribution in [1.82, 2.24) is 0 Å². The van der Waals surface area contributed by atoms with Gasteiger partial charge in [0, 0.05) is 12.1 Å². The predicted molar refractivity (Wildman–Crippen MR) is 73.8 cm³/mol. The van der Waals surface area contributed by atoms with E-state index >= 15 is 0 Å². The van der Waals surface area contributed by atoms with Crippen molar-refractivity contribution in [3.8, 4) is 5.75 Å². The normalized spacial score (nSPS) is 10.2. The summed E-state index contributed by atoms with van der Waals surface area (Å²) in [4.78, 5) is 21.7. The maximum Gasteiger partial charge on any atom is 0.315 e. The molecule has 0 fully saturated rings. The minimum absolute atomic E-state index is 0.0106. The number of carbonyl (C=O) groups excluding carboxylic acids is 1. The standard InChI is InChI=1S/C14H9ClFNO4/c15-11-8-10(17(19)20)5-6-13(11)21-14(18)7-9-3-1-2-4-12(9)16/h1-6,8H,7H2. The fourth-order valence-electron chi connectivity index (χ4n) is 1.64. The Morgan fingerprint density at radius 1 is 1.29 bits per heavy atom. The second-order valence-electron chi connectivity index (χ2n) is 4.11. The van der Waals surface area contributed by atoms with Gasteiger partial charge in [-0.2, -0.15) is 0 Å². The number of rotatable bonds is 4. The lowest BCUT2D eigenvalue weighted by Gasteiger charge is -2.06. The Bertz CT molecular complexity index is 705. The van der Waals surface area contributed by atoms with Crippen molar-refractivity contribution in [1.29, 1.82) is 0 Å². The van der Waals surface area contributed by atoms with Crippen molar-refractivity contribution in [2.45, 2.75) is 6.42 Å². The molecule has 0 amide bonds. The third-order valence-corrected chi connectivity index (χ3v) is 2.94. The molecule has 0 aliphatic rings. The van der Waals surface area contributed by atoms with Crippen LogP contribution in [0.2, 0.25) is 5.02 Å². The number of nitro groups is 1. The predicted octanol–water partition coefficient (Wildman–Crippen LogP) is 3.54. The van der Waals surface area contributed by atoms with E-state index in [0.717, 1.165) is 12.1 Å². The Morgan fingerprint density at radius 2 is 2.00 bits per heavy atom. The van der Waals surface area contributed by atoms with E-state index in [-0.39, 0.29) is 28.4 Å². The van der Waals surface area contributed by atoms with Crippen LogP contribution >= 0.6 is 11.6 Å². The highest BCUT2D eigenvalue weighted by molar-refractivity contribution is 6.32. The number of hydrogen-bond acceptors (Lipinski definition) is 4. The average molecular weight is 310 g/mol. The van der Waals surface area contributed by atoms with E-state index in [0.29, 0.717) is 0 Å². The molecular formula is C14H9ClFNO4. The minimum Gasteiger partial charge on any atom is -0.425 e. The highest BCUT2D eigenvalue weighted by Gasteiger charge is 2.14. The van der Waals surface area contributed by atoms with Crippen molar-refractivity contribution < 1.29 is 18.8 Å². The summed E-state index contributed by atoms with van der Waals surface area (Å²) in [6.45, 7) is 0. The van der Waals surface area contributed by atoms with Crippen molar-refractivity contribution in [3.05, 3.63) is 69.0 Å². The lowest BCUT2D eigenvalue weighted by Crippen LogP contribution is -2.12. The number of ether oxygens (including phenoxy) is 1. The van der Waals surface area contributed by atoms with E-state index in [1.165, 1.54) is 24.3 Å². The van der Waals surface area contributed by atoms with Gasteiger partial charge in [0.15, 0.2) is 0 Å². The molecule has 2 rings (SSSR count). The van der Waals surface area contributed by atoms with Gasteiger partial charge in [-0.15, -0.1) is 0 Å². The number of benzene rings is 2. The van der Waals surface area contributed by atoms with Crippen molar-refractivity contribution in [2.24, 2.45) is 0 Å². The summed E-state index contributed by atoms with van der Waals surface area (Å²) in [6.07, 6.45) is -0.264. The molecule has 2 aromatic carbocycles. The molecule has 0 spiro atoms. The monoisotopic (exact) mass is 309 g/mol. The molecule has 2 aromatic rings. The fourth-order valence-corrected chi connectivity index (χ4v) is 1.86. The van der Waals surface area contributed by atoms with Crippen LogP contribution in [-0.4, -0.2) is 10.9 Å². The molecule has 0 saturated carbocycles. The maximum absolute atomic E-state index is 13.4. The molecule has 0 aliphatic carbocycles. The molecule has 0 N–H and O–H groups in total. The van der Waals surface area contributed by atoms with Gasteiger partial charge in [0.25, 0.3) is 5.69 Å². The first-order valence-corrected chi connectivity index (χ1v) is 6.23. The quantitative estimate of drug-likeness (QED) is 0.375. The van der Waals surface area contributed by atoms with E-state index in [9.17, 15) is 19.3 Å². The lowest BCUT2D eigenvalue weighted by molar-refractivity contribution is -0.384. The van der Waals surface area contributed by atoms with E-state index in [1.807, 2.05) is 0 Å². The van der Waals surface area contributed by atoms with Crippen LogP contribution in [0.3, 0.4) is 0 Å². The number of non-ortho nitro benzene ring substituents is 1. The van der Waals surface area contributed by atoms with E-state index < -0.39 is 16.7 Å². The molecular weight excluding hydrogens is 301 g/mol. The lowest BCUT2D eigenvalue weighted by atomic mass is 10.1. The van der Waals surface area contributed by atoms with Crippen molar-refractivity contribution in [3.63, 3.8) is 0 Å². The number of hydrogen-bond donors (Lipinski definition) is 0. The molecule has 0 unspecified atom stereocenters. The van der Waals surface area contributed by atoms with Gasteiger partial charge in [-0.25, -0.2) is 4.39 Å². The van der Waals surface area contributed by atoms with Gasteiger partial charge >= 0.3 is 5.97 Å². The van der Waals surface area contributed by atoms with Crippen LogP contribution in [0.4, 0.5) is 10.1 Å². The third kappa shape index (κ3) is 3.76. The number of carbonyl (C=O) groups is 1. The largest absolute Gasteiger partial charge is 0.425 e. The highest BCUT2D eigenvalue weighted by Crippen LogP contribution is 2.29. The Hall–Kier alpha value is -2.47. The van der Waals surface area contributed by atoms with Gasteiger partial charge in [0.05, 0.1) is 16.4 Å².